The van der Waals surface area contributed by atoms with Crippen LogP contribution in [0.1, 0.15) is 0 Å². The third kappa shape index (κ3) is 2.47. The smallest absolute Gasteiger partial charge is 0.158 e. The molecule has 0 spiro atoms. The molecule has 0 amide bonds. The van der Waals surface area contributed by atoms with Crippen molar-refractivity contribution in [3.8, 4) is 0 Å². The Bertz CT molecular complexity index is 495. The quantitative estimate of drug-likeness (QED) is 0.293. The topological polar surface area (TPSA) is 148 Å². The fourth-order valence-electron chi connectivity index (χ4n) is 2.50. The standard InChI is InChI=1S/C11H18N6O4/c12-17-4-13-1-5-9(14-3-15-10(5)17)16-11-8(20)7(19)6(2-18)21-11/h3-4,6-8,10-11,16,18-20H,1-2,12H2,(H,14,15)/t6-,7-,8-,10?,11-/m1/s1. The number of hydrazine groups is 1. The minimum absolute atomic E-state index is 0.278. The zero-order valence-electron chi connectivity index (χ0n) is 11.1. The van der Waals surface area contributed by atoms with Gasteiger partial charge in [-0.3, -0.25) is 10.0 Å². The Morgan fingerprint density at radius 2 is 2.29 bits per heavy atom. The molecule has 21 heavy (non-hydrogen) atoms. The van der Waals surface area contributed by atoms with E-state index in [4.69, 9.17) is 15.7 Å². The molecule has 0 aliphatic carbocycles. The van der Waals surface area contributed by atoms with Gasteiger partial charge in [-0.25, -0.2) is 10.8 Å². The van der Waals surface area contributed by atoms with Crippen LogP contribution in [0, 0.1) is 0 Å². The van der Waals surface area contributed by atoms with Crippen molar-refractivity contribution in [2.24, 2.45) is 15.8 Å². The van der Waals surface area contributed by atoms with E-state index in [0.29, 0.717) is 12.4 Å². The SMILES string of the molecule is NN1C=NCC2=C(N[C@@H]3O[C@H](CO)[C@@H](O)[C@H]3O)N=CNC21. The van der Waals surface area contributed by atoms with Gasteiger partial charge in [-0.2, -0.15) is 0 Å². The summed E-state index contributed by atoms with van der Waals surface area (Å²) in [4.78, 5) is 8.27. The number of hydrogen-bond acceptors (Lipinski definition) is 10. The average Bonchev–Trinajstić information content (AvgIpc) is 2.76. The molecule has 0 bridgehead atoms. The van der Waals surface area contributed by atoms with Crippen molar-refractivity contribution in [2.75, 3.05) is 13.2 Å². The van der Waals surface area contributed by atoms with E-state index in [0.717, 1.165) is 5.57 Å². The van der Waals surface area contributed by atoms with E-state index in [1.807, 2.05) is 0 Å². The summed E-state index contributed by atoms with van der Waals surface area (Å²) in [5.41, 5.74) is 0.792. The second-order valence-corrected chi connectivity index (χ2v) is 5.01. The van der Waals surface area contributed by atoms with E-state index in [1.54, 1.807) is 0 Å². The summed E-state index contributed by atoms with van der Waals surface area (Å²) in [6.07, 6.45) is -1.30. The van der Waals surface area contributed by atoms with Crippen LogP contribution in [0.3, 0.4) is 0 Å². The highest BCUT2D eigenvalue weighted by Crippen LogP contribution is 2.23. The van der Waals surface area contributed by atoms with Crippen molar-refractivity contribution in [3.05, 3.63) is 11.4 Å². The summed E-state index contributed by atoms with van der Waals surface area (Å²) < 4.78 is 5.37. The highest BCUT2D eigenvalue weighted by molar-refractivity contribution is 5.65. The number of aliphatic hydroxyl groups is 3. The van der Waals surface area contributed by atoms with Gasteiger partial charge >= 0.3 is 0 Å². The van der Waals surface area contributed by atoms with Crippen molar-refractivity contribution >= 4 is 12.7 Å². The molecule has 1 fully saturated rings. The fraction of sp³-hybridized carbons (Fsp3) is 0.636. The van der Waals surface area contributed by atoms with E-state index >= 15 is 0 Å². The van der Waals surface area contributed by atoms with Crippen molar-refractivity contribution in [3.63, 3.8) is 0 Å². The summed E-state index contributed by atoms with van der Waals surface area (Å²) in [6.45, 7) is 0.0243. The van der Waals surface area contributed by atoms with E-state index in [9.17, 15) is 10.2 Å². The lowest BCUT2D eigenvalue weighted by atomic mass is 10.1. The van der Waals surface area contributed by atoms with Gasteiger partial charge in [-0.1, -0.05) is 0 Å². The summed E-state index contributed by atoms with van der Waals surface area (Å²) >= 11 is 0. The number of aliphatic imine (C=N–C) groups is 2. The molecule has 1 unspecified atom stereocenters. The molecule has 10 nitrogen and oxygen atoms in total. The Labute approximate surface area is 120 Å². The lowest BCUT2D eigenvalue weighted by molar-refractivity contribution is -0.0297. The average molecular weight is 298 g/mol. The molecule has 5 atom stereocenters. The van der Waals surface area contributed by atoms with Gasteiger partial charge in [0.25, 0.3) is 0 Å². The molecule has 3 rings (SSSR count). The molecular formula is C11H18N6O4. The molecule has 3 aliphatic heterocycles. The van der Waals surface area contributed by atoms with Gasteiger partial charge in [0.05, 0.1) is 19.5 Å². The maximum Gasteiger partial charge on any atom is 0.158 e. The van der Waals surface area contributed by atoms with Crippen LogP contribution in [-0.4, -0.2) is 76.9 Å². The zero-order chi connectivity index (χ0) is 15.0. The van der Waals surface area contributed by atoms with Crippen LogP contribution in [0.5, 0.6) is 0 Å². The van der Waals surface area contributed by atoms with Crippen LogP contribution in [0.15, 0.2) is 21.4 Å². The van der Waals surface area contributed by atoms with Crippen molar-refractivity contribution < 1.29 is 20.1 Å². The molecule has 0 radical (unpaired) electrons. The first-order valence-electron chi connectivity index (χ1n) is 6.55. The van der Waals surface area contributed by atoms with Gasteiger partial charge in [-0.15, -0.1) is 0 Å². The largest absolute Gasteiger partial charge is 0.394 e. The number of nitrogens with two attached hydrogens (primary N) is 1. The van der Waals surface area contributed by atoms with E-state index in [1.165, 1.54) is 17.7 Å². The number of rotatable bonds is 3. The van der Waals surface area contributed by atoms with Crippen LogP contribution in [0.4, 0.5) is 0 Å². The number of nitrogens with one attached hydrogen (secondary N) is 2. The Morgan fingerprint density at radius 1 is 1.48 bits per heavy atom. The van der Waals surface area contributed by atoms with Crippen LogP contribution in [0.2, 0.25) is 0 Å². The first-order valence-corrected chi connectivity index (χ1v) is 6.55. The first kappa shape index (κ1) is 14.2. The predicted molar refractivity (Wildman–Crippen MR) is 72.7 cm³/mol. The maximum absolute atomic E-state index is 9.93. The van der Waals surface area contributed by atoms with Gasteiger partial charge in [0.15, 0.2) is 6.23 Å². The molecule has 0 aromatic rings. The van der Waals surface area contributed by atoms with E-state index in [-0.39, 0.29) is 12.8 Å². The second kappa shape index (κ2) is 5.58. The van der Waals surface area contributed by atoms with Gasteiger partial charge < -0.3 is 30.7 Å². The number of ether oxygens (including phenoxy) is 1. The summed E-state index contributed by atoms with van der Waals surface area (Å²) in [5, 5.41) is 36.1. The van der Waals surface area contributed by atoms with Gasteiger partial charge in [0.2, 0.25) is 0 Å². The van der Waals surface area contributed by atoms with Crippen molar-refractivity contribution in [1.29, 1.82) is 0 Å². The normalized spacial score (nSPS) is 38.5. The summed E-state index contributed by atoms with van der Waals surface area (Å²) in [7, 11) is 0. The van der Waals surface area contributed by atoms with E-state index in [2.05, 4.69) is 20.6 Å². The molecule has 0 saturated carbocycles. The minimum atomic E-state index is -1.17. The lowest BCUT2D eigenvalue weighted by Gasteiger charge is -2.34. The molecule has 3 aliphatic rings. The maximum atomic E-state index is 9.93. The third-order valence-electron chi connectivity index (χ3n) is 3.66. The summed E-state index contributed by atoms with van der Waals surface area (Å²) in [5.74, 6) is 6.27. The van der Waals surface area contributed by atoms with Gasteiger partial charge in [0, 0.05) is 5.57 Å². The minimum Gasteiger partial charge on any atom is -0.394 e. The van der Waals surface area contributed by atoms with E-state index < -0.39 is 24.5 Å². The van der Waals surface area contributed by atoms with Crippen molar-refractivity contribution in [2.45, 2.75) is 30.7 Å². The highest BCUT2D eigenvalue weighted by Gasteiger charge is 2.43. The van der Waals surface area contributed by atoms with Crippen LogP contribution < -0.4 is 16.5 Å². The van der Waals surface area contributed by atoms with Gasteiger partial charge in [-0.05, 0) is 0 Å². The predicted octanol–water partition coefficient (Wildman–Crippen LogP) is -3.60. The molecule has 0 aromatic carbocycles. The number of aliphatic hydroxyl groups excluding tert-OH is 3. The molecule has 3 heterocycles. The molecule has 116 valence electrons. The van der Waals surface area contributed by atoms with Crippen LogP contribution in [-0.2, 0) is 4.74 Å². The lowest BCUT2D eigenvalue weighted by Crippen LogP contribution is -2.55. The van der Waals surface area contributed by atoms with Crippen LogP contribution >= 0.6 is 0 Å². The Morgan fingerprint density at radius 3 is 3.00 bits per heavy atom. The monoisotopic (exact) mass is 298 g/mol. The Hall–Kier alpha value is -1.72. The molecule has 7 N–H and O–H groups in total. The fourth-order valence-corrected chi connectivity index (χ4v) is 2.50. The Balaban J connectivity index is 1.78. The molecule has 0 aromatic heterocycles. The molecule has 1 saturated heterocycles. The molecular weight excluding hydrogens is 280 g/mol. The zero-order valence-corrected chi connectivity index (χ0v) is 11.1. The second-order valence-electron chi connectivity index (χ2n) is 5.01. The highest BCUT2D eigenvalue weighted by atomic mass is 16.6. The van der Waals surface area contributed by atoms with Crippen LogP contribution in [0.25, 0.3) is 0 Å². The van der Waals surface area contributed by atoms with Crippen molar-refractivity contribution in [1.82, 2.24) is 15.6 Å². The Kier molecular flexibility index (Phi) is 3.78. The summed E-state index contributed by atoms with van der Waals surface area (Å²) in [6, 6.07) is 0. The number of nitrogens with zero attached hydrogens (tertiary/aromatic N) is 3. The first-order chi connectivity index (χ1) is 10.1. The van der Waals surface area contributed by atoms with Gasteiger partial charge in [0.1, 0.15) is 36.6 Å². The number of fused-ring (bicyclic) bond motifs is 1. The number of hydrogen-bond donors (Lipinski definition) is 6. The molecule has 10 heteroatoms. The third-order valence-corrected chi connectivity index (χ3v) is 3.66.